The molecule has 214 valence electrons. The number of nitrogens with one attached hydrogen (secondary N) is 2. The van der Waals surface area contributed by atoms with Gasteiger partial charge in [0.25, 0.3) is 11.8 Å². The van der Waals surface area contributed by atoms with E-state index in [1.165, 1.54) is 12.4 Å². The van der Waals surface area contributed by atoms with E-state index in [2.05, 4.69) is 20.2 Å². The van der Waals surface area contributed by atoms with Crippen molar-refractivity contribution >= 4 is 34.7 Å². The fraction of sp³-hybridized carbons (Fsp3) is 0.346. The monoisotopic (exact) mass is 562 g/mol. The summed E-state index contributed by atoms with van der Waals surface area (Å²) in [5.41, 5.74) is 4.03. The number of ether oxygens (including phenoxy) is 1. The molecule has 1 aliphatic heterocycles. The Morgan fingerprint density at radius 1 is 1.07 bits per heavy atom. The first-order valence-electron chi connectivity index (χ1n) is 12.9. The summed E-state index contributed by atoms with van der Waals surface area (Å²) in [7, 11) is 3.67. The van der Waals surface area contributed by atoms with E-state index in [9.17, 15) is 9.59 Å². The van der Waals surface area contributed by atoms with Gasteiger partial charge in [0, 0.05) is 57.3 Å². The van der Waals surface area contributed by atoms with Crippen LogP contribution in [0.15, 0.2) is 36.7 Å². The zero-order chi connectivity index (χ0) is 28.9. The lowest BCUT2D eigenvalue weighted by atomic mass is 10.1. The number of imidazole rings is 1. The second-order valence-electron chi connectivity index (χ2n) is 9.36. The normalized spacial score (nSPS) is 13.3. The molecule has 1 aromatic carbocycles. The van der Waals surface area contributed by atoms with Crippen molar-refractivity contribution in [2.75, 3.05) is 56.3 Å². The van der Waals surface area contributed by atoms with Gasteiger partial charge in [0.2, 0.25) is 5.95 Å². The van der Waals surface area contributed by atoms with Crippen molar-refractivity contribution in [3.05, 3.63) is 53.6 Å². The first-order valence-corrected chi connectivity index (χ1v) is 12.9. The van der Waals surface area contributed by atoms with Crippen LogP contribution in [0.2, 0.25) is 0 Å². The first kappa shape index (κ1) is 27.8. The van der Waals surface area contributed by atoms with Crippen molar-refractivity contribution in [2.24, 2.45) is 7.05 Å². The smallest absolute Gasteiger partial charge is 0.277 e. The quantitative estimate of drug-likeness (QED) is 0.160. The number of morpholine rings is 1. The maximum atomic E-state index is 12.5. The number of aromatic nitrogens is 6. The second kappa shape index (κ2) is 12.2. The SMILES string of the molecule is CN(Cc1nc2c(N3CCOCC3)nc(-c3cccc(C(=O)NCCO)c3)nc2n1C)c1ncc(C(=O)NO)cn1. The van der Waals surface area contributed by atoms with Gasteiger partial charge in [0.1, 0.15) is 5.82 Å². The number of fused-ring (bicyclic) bond motifs is 1. The van der Waals surface area contributed by atoms with E-state index < -0.39 is 5.91 Å². The van der Waals surface area contributed by atoms with Crippen molar-refractivity contribution in [3.63, 3.8) is 0 Å². The lowest BCUT2D eigenvalue weighted by Crippen LogP contribution is -2.37. The van der Waals surface area contributed by atoms with Gasteiger partial charge in [-0.05, 0) is 12.1 Å². The van der Waals surface area contributed by atoms with E-state index in [0.29, 0.717) is 78.6 Å². The number of rotatable bonds is 9. The highest BCUT2D eigenvalue weighted by Crippen LogP contribution is 2.29. The highest BCUT2D eigenvalue weighted by atomic mass is 16.5. The molecule has 0 bridgehead atoms. The highest BCUT2D eigenvalue weighted by molar-refractivity contribution is 5.95. The van der Waals surface area contributed by atoms with Gasteiger partial charge >= 0.3 is 0 Å². The Kier molecular flexibility index (Phi) is 8.28. The van der Waals surface area contributed by atoms with Crippen LogP contribution in [0.4, 0.5) is 11.8 Å². The number of anilines is 2. The molecule has 1 saturated heterocycles. The number of carbonyl (C=O) groups is 2. The summed E-state index contributed by atoms with van der Waals surface area (Å²) >= 11 is 0. The van der Waals surface area contributed by atoms with E-state index in [4.69, 9.17) is 30.0 Å². The van der Waals surface area contributed by atoms with Crippen LogP contribution in [0, 0.1) is 0 Å². The van der Waals surface area contributed by atoms with E-state index >= 15 is 0 Å². The van der Waals surface area contributed by atoms with Crippen LogP contribution in [-0.4, -0.2) is 98.1 Å². The molecule has 0 saturated carbocycles. The molecular weight excluding hydrogens is 532 g/mol. The van der Waals surface area contributed by atoms with Gasteiger partial charge in [-0.15, -0.1) is 0 Å². The van der Waals surface area contributed by atoms with Gasteiger partial charge in [-0.25, -0.2) is 30.4 Å². The Morgan fingerprint density at radius 3 is 2.54 bits per heavy atom. The predicted octanol–water partition coefficient (Wildman–Crippen LogP) is 0.134. The van der Waals surface area contributed by atoms with Crippen LogP contribution in [-0.2, 0) is 18.3 Å². The van der Waals surface area contributed by atoms with Gasteiger partial charge < -0.3 is 29.5 Å². The molecule has 4 aromatic rings. The number of hydrogen-bond donors (Lipinski definition) is 4. The predicted molar refractivity (Wildman–Crippen MR) is 148 cm³/mol. The molecule has 0 radical (unpaired) electrons. The Morgan fingerprint density at radius 2 is 1.83 bits per heavy atom. The Labute approximate surface area is 234 Å². The summed E-state index contributed by atoms with van der Waals surface area (Å²) in [6.07, 6.45) is 2.65. The standard InChI is InChI=1S/C26H30N10O5/c1-34(26-28-13-18(14-29-26)25(39)33-40)15-19-30-20-22(35(19)2)31-21(32-23(20)36-7-10-41-11-8-36)16-4-3-5-17(12-16)24(38)27-6-9-37/h3-5,12-14,37,40H,6-11,15H2,1-2H3,(H,27,38)(H,33,39). The van der Waals surface area contributed by atoms with E-state index in [0.717, 1.165) is 0 Å². The van der Waals surface area contributed by atoms with Gasteiger partial charge in [-0.3, -0.25) is 14.8 Å². The maximum Gasteiger partial charge on any atom is 0.277 e. The number of hydroxylamine groups is 1. The lowest BCUT2D eigenvalue weighted by Gasteiger charge is -2.28. The van der Waals surface area contributed by atoms with E-state index in [1.807, 2.05) is 17.7 Å². The molecule has 0 spiro atoms. The third-order valence-corrected chi connectivity index (χ3v) is 6.61. The molecule has 0 aliphatic carbocycles. The Bertz CT molecular complexity index is 1550. The number of aliphatic hydroxyl groups excluding tert-OH is 1. The number of nitrogens with zero attached hydrogens (tertiary/aromatic N) is 8. The average molecular weight is 563 g/mol. The molecule has 1 aliphatic rings. The summed E-state index contributed by atoms with van der Waals surface area (Å²) < 4.78 is 7.43. The molecule has 15 nitrogen and oxygen atoms in total. The summed E-state index contributed by atoms with van der Waals surface area (Å²) in [6, 6.07) is 7.03. The second-order valence-corrected chi connectivity index (χ2v) is 9.36. The number of aryl methyl sites for hydroxylation is 1. The molecule has 4 heterocycles. The molecule has 15 heteroatoms. The first-order chi connectivity index (χ1) is 19.9. The minimum absolute atomic E-state index is 0.125. The van der Waals surface area contributed by atoms with Crippen molar-refractivity contribution in [1.82, 2.24) is 40.3 Å². The number of aliphatic hydroxyl groups is 1. The molecular formula is C26H30N10O5. The van der Waals surface area contributed by atoms with Crippen LogP contribution in [0.5, 0.6) is 0 Å². The van der Waals surface area contributed by atoms with Crippen molar-refractivity contribution in [2.45, 2.75) is 6.54 Å². The Balaban J connectivity index is 1.51. The third kappa shape index (κ3) is 5.91. The van der Waals surface area contributed by atoms with Gasteiger partial charge in [0.15, 0.2) is 22.8 Å². The van der Waals surface area contributed by atoms with Crippen LogP contribution >= 0.6 is 0 Å². The van der Waals surface area contributed by atoms with E-state index in [-0.39, 0.29) is 24.6 Å². The Hall–Kier alpha value is -4.73. The fourth-order valence-corrected chi connectivity index (χ4v) is 4.41. The van der Waals surface area contributed by atoms with Crippen molar-refractivity contribution < 1.29 is 24.6 Å². The molecule has 5 rings (SSSR count). The van der Waals surface area contributed by atoms with Crippen LogP contribution in [0.25, 0.3) is 22.6 Å². The highest BCUT2D eigenvalue weighted by Gasteiger charge is 2.23. The maximum absolute atomic E-state index is 12.5. The van der Waals surface area contributed by atoms with Crippen molar-refractivity contribution in [1.29, 1.82) is 0 Å². The summed E-state index contributed by atoms with van der Waals surface area (Å²) in [5, 5.41) is 20.5. The molecule has 41 heavy (non-hydrogen) atoms. The van der Waals surface area contributed by atoms with Gasteiger partial charge in [-0.2, -0.15) is 0 Å². The van der Waals surface area contributed by atoms with Gasteiger partial charge in [-0.1, -0.05) is 12.1 Å². The fourth-order valence-electron chi connectivity index (χ4n) is 4.41. The molecule has 2 amide bonds. The minimum atomic E-state index is -0.698. The summed E-state index contributed by atoms with van der Waals surface area (Å²) in [6.45, 7) is 2.75. The topological polar surface area (TPSA) is 184 Å². The number of hydrogen-bond acceptors (Lipinski definition) is 12. The number of amides is 2. The third-order valence-electron chi connectivity index (χ3n) is 6.61. The van der Waals surface area contributed by atoms with E-state index in [1.54, 1.807) is 35.6 Å². The largest absolute Gasteiger partial charge is 0.395 e. The summed E-state index contributed by atoms with van der Waals surface area (Å²) in [4.78, 5) is 51.1. The van der Waals surface area contributed by atoms with Crippen LogP contribution in [0.3, 0.4) is 0 Å². The zero-order valence-corrected chi connectivity index (χ0v) is 22.6. The molecule has 4 N–H and O–H groups in total. The minimum Gasteiger partial charge on any atom is -0.395 e. The number of carbonyl (C=O) groups excluding carboxylic acids is 2. The molecule has 3 aromatic heterocycles. The molecule has 1 fully saturated rings. The van der Waals surface area contributed by atoms with Crippen LogP contribution in [0.1, 0.15) is 26.5 Å². The average Bonchev–Trinajstić information content (AvgIpc) is 3.33. The summed E-state index contributed by atoms with van der Waals surface area (Å²) in [5.74, 6) is 1.16. The zero-order valence-electron chi connectivity index (χ0n) is 22.6. The van der Waals surface area contributed by atoms with Crippen LogP contribution < -0.4 is 20.6 Å². The van der Waals surface area contributed by atoms with Crippen molar-refractivity contribution in [3.8, 4) is 11.4 Å². The van der Waals surface area contributed by atoms with Gasteiger partial charge in [0.05, 0.1) is 31.9 Å². The lowest BCUT2D eigenvalue weighted by molar-refractivity contribution is 0.0705. The number of benzene rings is 1. The molecule has 0 unspecified atom stereocenters. The molecule has 0 atom stereocenters.